The van der Waals surface area contributed by atoms with E-state index < -0.39 is 52.6 Å². The Labute approximate surface area is 220 Å². The predicted octanol–water partition coefficient (Wildman–Crippen LogP) is 1.92. The first-order valence-electron chi connectivity index (χ1n) is 9.12. The zero-order chi connectivity index (χ0) is 22.7. The summed E-state index contributed by atoms with van der Waals surface area (Å²) in [4.78, 5) is 36.4. The van der Waals surface area contributed by atoms with Gasteiger partial charge in [-0.2, -0.15) is 8.42 Å². The van der Waals surface area contributed by atoms with Crippen LogP contribution in [0.1, 0.15) is 52.9 Å². The number of carbonyl (C=O) groups is 3. The van der Waals surface area contributed by atoms with E-state index in [9.17, 15) is 22.8 Å². The molecule has 0 aromatic carbocycles. The van der Waals surface area contributed by atoms with Gasteiger partial charge in [0.25, 0.3) is 0 Å². The van der Waals surface area contributed by atoms with Crippen LogP contribution in [-0.4, -0.2) is 101 Å². The van der Waals surface area contributed by atoms with Crippen LogP contribution in [0.5, 0.6) is 0 Å². The van der Waals surface area contributed by atoms with Crippen LogP contribution in [0.4, 0.5) is 0 Å². The van der Waals surface area contributed by atoms with E-state index in [1.54, 1.807) is 0 Å². The van der Waals surface area contributed by atoms with E-state index in [4.69, 9.17) is 18.8 Å². The van der Waals surface area contributed by atoms with Gasteiger partial charge in [-0.25, -0.2) is 9.59 Å². The topological polar surface area (TPSA) is 133 Å². The molecule has 0 radical (unpaired) electrons. The van der Waals surface area contributed by atoms with Crippen molar-refractivity contribution >= 4 is 79.4 Å². The van der Waals surface area contributed by atoms with Gasteiger partial charge in [-0.05, 0) is 20.3 Å². The van der Waals surface area contributed by atoms with Crippen molar-refractivity contribution in [1.82, 2.24) is 0 Å². The number of hydrogen-bond donors (Lipinski definition) is 1. The van der Waals surface area contributed by atoms with Gasteiger partial charge in [0.2, 0.25) is 5.94 Å². The molecule has 0 amide bonds. The molecule has 1 N–H and O–H groups in total. The minimum atomic E-state index is -4.58. The number of hydrogen-bond acceptors (Lipinski definition) is 8. The molecule has 0 aliphatic carbocycles. The molecule has 0 aromatic heterocycles. The van der Waals surface area contributed by atoms with Crippen LogP contribution in [0.3, 0.4) is 0 Å². The van der Waals surface area contributed by atoms with Gasteiger partial charge in [0, 0.05) is 11.1 Å². The van der Waals surface area contributed by atoms with Crippen molar-refractivity contribution in [2.24, 2.45) is 5.41 Å². The van der Waals surface area contributed by atoms with Crippen LogP contribution in [0, 0.1) is 5.41 Å². The van der Waals surface area contributed by atoms with E-state index in [2.05, 4.69) is 13.2 Å². The average Bonchev–Trinajstić information content (AvgIpc) is 2.63. The van der Waals surface area contributed by atoms with Crippen LogP contribution in [0.15, 0.2) is 24.3 Å². The van der Waals surface area contributed by atoms with Crippen molar-refractivity contribution in [3.05, 3.63) is 24.3 Å². The fourth-order valence-electron chi connectivity index (χ4n) is 2.23. The molecule has 0 atom stereocenters. The van der Waals surface area contributed by atoms with E-state index in [1.807, 2.05) is 6.92 Å². The summed E-state index contributed by atoms with van der Waals surface area (Å²) in [6, 6.07) is 0. The second-order valence-corrected chi connectivity index (χ2v) is 8.34. The molecule has 0 aliphatic heterocycles. The summed E-state index contributed by atoms with van der Waals surface area (Å²) < 4.78 is 45.7. The van der Waals surface area contributed by atoms with E-state index in [1.165, 1.54) is 13.8 Å². The molecule has 0 fully saturated rings. The summed E-state index contributed by atoms with van der Waals surface area (Å²) in [5.41, 5.74) is -1.46. The van der Waals surface area contributed by atoms with Gasteiger partial charge in [0.15, 0.2) is 0 Å². The maximum atomic E-state index is 12.7. The van der Waals surface area contributed by atoms with Crippen LogP contribution in [-0.2, 0) is 38.7 Å². The van der Waals surface area contributed by atoms with Gasteiger partial charge in [-0.1, -0.05) is 45.8 Å². The molecule has 0 bridgehead atoms. The Hall–Kier alpha value is -0.564. The Balaban J connectivity index is 0. The third-order valence-electron chi connectivity index (χ3n) is 3.94. The standard InChI is InChI=1S/C19H30O9S.K.H/c1-6-7-8-9-10-19(11-26-16(20)14(2)3,12-27-17(21)15(4)5)18(22)28-13-29(23,24)25;;/h2,4,6-13H2,1,3,5H3,(H,23,24,25);;. The molecule has 0 unspecified atom stereocenters. The predicted molar refractivity (Wildman–Crippen MR) is 112 cm³/mol. The zero-order valence-corrected chi connectivity index (χ0v) is 18.0. The van der Waals surface area contributed by atoms with Crippen molar-refractivity contribution < 1.29 is 41.6 Å². The van der Waals surface area contributed by atoms with E-state index in [0.717, 1.165) is 19.3 Å². The second kappa shape index (κ2) is 15.3. The second-order valence-electron chi connectivity index (χ2n) is 6.94. The Morgan fingerprint density at radius 1 is 0.900 bits per heavy atom. The van der Waals surface area contributed by atoms with Gasteiger partial charge in [0.1, 0.15) is 18.6 Å². The molecule has 11 heteroatoms. The van der Waals surface area contributed by atoms with Crippen LogP contribution in [0.2, 0.25) is 0 Å². The number of unbranched alkanes of at least 4 members (excludes halogenated alkanes) is 3. The first kappa shape index (κ1) is 31.6. The fraction of sp³-hybridized carbons (Fsp3) is 0.632. The zero-order valence-electron chi connectivity index (χ0n) is 17.2. The molecule has 0 aromatic rings. The Kier molecular flexibility index (Phi) is 16.1. The number of carbonyl (C=O) groups excluding carboxylic acids is 3. The fourth-order valence-corrected chi connectivity index (χ4v) is 2.49. The summed E-state index contributed by atoms with van der Waals surface area (Å²) in [7, 11) is -4.58. The average molecular weight is 475 g/mol. The molecule has 168 valence electrons. The monoisotopic (exact) mass is 474 g/mol. The third-order valence-corrected chi connectivity index (χ3v) is 4.35. The Morgan fingerprint density at radius 3 is 1.73 bits per heavy atom. The van der Waals surface area contributed by atoms with Crippen molar-refractivity contribution in [2.75, 3.05) is 19.2 Å². The quantitative estimate of drug-likeness (QED) is 0.100. The molecular weight excluding hydrogens is 443 g/mol. The van der Waals surface area contributed by atoms with Crippen molar-refractivity contribution in [3.63, 3.8) is 0 Å². The van der Waals surface area contributed by atoms with Gasteiger partial charge < -0.3 is 14.2 Å². The van der Waals surface area contributed by atoms with E-state index in [-0.39, 0.29) is 69.0 Å². The molecule has 0 saturated heterocycles. The number of ether oxygens (including phenoxy) is 3. The third kappa shape index (κ3) is 13.0. The Morgan fingerprint density at radius 2 is 1.37 bits per heavy atom. The van der Waals surface area contributed by atoms with Gasteiger partial charge in [-0.15, -0.1) is 0 Å². The molecule has 9 nitrogen and oxygen atoms in total. The van der Waals surface area contributed by atoms with E-state index in [0.29, 0.717) is 6.42 Å². The molecule has 0 heterocycles. The van der Waals surface area contributed by atoms with Crippen LogP contribution in [0.25, 0.3) is 0 Å². The molecular formula is C19H31KO9S. The normalized spacial score (nSPS) is 11.1. The first-order chi connectivity index (χ1) is 13.3. The van der Waals surface area contributed by atoms with Gasteiger partial charge in [-0.3, -0.25) is 9.35 Å². The SMILES string of the molecule is C=C(C)C(=O)OCC(CCCCCC)(COC(=O)C(=C)C)C(=O)OCS(=O)(=O)O.[KH]. The number of esters is 3. The van der Waals surface area contributed by atoms with Gasteiger partial charge in [0.05, 0.1) is 0 Å². The first-order valence-corrected chi connectivity index (χ1v) is 10.7. The molecule has 0 aliphatic rings. The Bertz CT molecular complexity index is 698. The summed E-state index contributed by atoms with van der Waals surface area (Å²) in [5, 5.41) is 0. The van der Waals surface area contributed by atoms with Crippen LogP contribution < -0.4 is 0 Å². The summed E-state index contributed by atoms with van der Waals surface area (Å²) in [5.74, 6) is -3.88. The van der Waals surface area contributed by atoms with Crippen molar-refractivity contribution in [1.29, 1.82) is 0 Å². The van der Waals surface area contributed by atoms with Crippen molar-refractivity contribution in [2.45, 2.75) is 52.9 Å². The number of rotatable bonds is 14. The van der Waals surface area contributed by atoms with Gasteiger partial charge >= 0.3 is 79.4 Å². The van der Waals surface area contributed by atoms with Crippen molar-refractivity contribution in [3.8, 4) is 0 Å². The molecule has 30 heavy (non-hydrogen) atoms. The minimum absolute atomic E-state index is 0. The summed E-state index contributed by atoms with van der Waals surface area (Å²) in [6.07, 6.45) is 3.16. The summed E-state index contributed by atoms with van der Waals surface area (Å²) in [6.45, 7) is 10.7. The van der Waals surface area contributed by atoms with Crippen LogP contribution >= 0.6 is 0 Å². The molecule has 0 saturated carbocycles. The summed E-state index contributed by atoms with van der Waals surface area (Å²) >= 11 is 0. The molecule has 0 rings (SSSR count). The maximum absolute atomic E-state index is 12.7. The molecule has 0 spiro atoms. The van der Waals surface area contributed by atoms with E-state index >= 15 is 0 Å².